The molecule has 0 aromatic heterocycles. The summed E-state index contributed by atoms with van der Waals surface area (Å²) in [4.78, 5) is 12.2. The molecule has 3 heteroatoms. The van der Waals surface area contributed by atoms with Crippen molar-refractivity contribution in [3.63, 3.8) is 0 Å². The van der Waals surface area contributed by atoms with Gasteiger partial charge in [-0.25, -0.2) is 4.39 Å². The van der Waals surface area contributed by atoms with E-state index in [1.807, 2.05) is 18.2 Å². The number of hydrogen-bond donors (Lipinski definition) is 1. The number of hydrogen-bond acceptors (Lipinski definition) is 1. The Morgan fingerprint density at radius 3 is 2.50 bits per heavy atom. The summed E-state index contributed by atoms with van der Waals surface area (Å²) < 4.78 is 13.6. The molecular formula is C19H20FNO. The minimum atomic E-state index is -0.339. The van der Waals surface area contributed by atoms with Crippen LogP contribution in [0.4, 0.5) is 4.39 Å². The topological polar surface area (TPSA) is 29.1 Å². The van der Waals surface area contributed by atoms with Crippen molar-refractivity contribution < 1.29 is 9.18 Å². The third-order valence-electron chi connectivity index (χ3n) is 4.72. The summed E-state index contributed by atoms with van der Waals surface area (Å²) >= 11 is 0. The Morgan fingerprint density at radius 1 is 1.18 bits per heavy atom. The average Bonchev–Trinajstić information content (AvgIpc) is 2.50. The van der Waals surface area contributed by atoms with E-state index >= 15 is 0 Å². The monoisotopic (exact) mass is 297 g/mol. The minimum Gasteiger partial charge on any atom is -0.351 e. The average molecular weight is 297 g/mol. The van der Waals surface area contributed by atoms with Gasteiger partial charge in [0, 0.05) is 17.5 Å². The number of carbonyl (C=O) groups is 1. The van der Waals surface area contributed by atoms with Gasteiger partial charge >= 0.3 is 0 Å². The molecule has 0 aliphatic heterocycles. The van der Waals surface area contributed by atoms with Gasteiger partial charge in [-0.15, -0.1) is 0 Å². The van der Waals surface area contributed by atoms with Gasteiger partial charge in [-0.05, 0) is 43.0 Å². The Hall–Kier alpha value is -2.16. The van der Waals surface area contributed by atoms with E-state index in [0.717, 1.165) is 12.8 Å². The second-order valence-corrected chi connectivity index (χ2v) is 6.15. The molecular weight excluding hydrogens is 277 g/mol. The molecule has 2 aromatic carbocycles. The lowest BCUT2D eigenvalue weighted by molar-refractivity contribution is 0.0927. The first-order valence-corrected chi connectivity index (χ1v) is 7.71. The van der Waals surface area contributed by atoms with Crippen LogP contribution in [0.3, 0.4) is 0 Å². The molecule has 0 bridgehead atoms. The van der Waals surface area contributed by atoms with Crippen molar-refractivity contribution in [1.82, 2.24) is 5.32 Å². The fraction of sp³-hybridized carbons (Fsp3) is 0.316. The second kappa shape index (κ2) is 5.91. The molecule has 1 aliphatic carbocycles. The zero-order valence-corrected chi connectivity index (χ0v) is 12.7. The van der Waals surface area contributed by atoms with E-state index in [1.54, 1.807) is 19.1 Å². The van der Waals surface area contributed by atoms with Crippen LogP contribution < -0.4 is 5.32 Å². The molecule has 2 aromatic rings. The number of halogens is 1. The Kier molecular flexibility index (Phi) is 3.97. The molecule has 0 radical (unpaired) electrons. The van der Waals surface area contributed by atoms with Crippen molar-refractivity contribution in [2.24, 2.45) is 0 Å². The first-order valence-electron chi connectivity index (χ1n) is 7.71. The van der Waals surface area contributed by atoms with E-state index in [0.29, 0.717) is 17.7 Å². The quantitative estimate of drug-likeness (QED) is 0.908. The van der Waals surface area contributed by atoms with Gasteiger partial charge in [0.05, 0.1) is 0 Å². The highest BCUT2D eigenvalue weighted by molar-refractivity contribution is 5.94. The highest BCUT2D eigenvalue weighted by atomic mass is 19.1. The first-order chi connectivity index (χ1) is 10.6. The number of benzene rings is 2. The van der Waals surface area contributed by atoms with Crippen LogP contribution in [0.1, 0.15) is 40.7 Å². The zero-order valence-electron chi connectivity index (χ0n) is 12.7. The predicted octanol–water partition coefficient (Wildman–Crippen LogP) is 3.99. The molecule has 1 fully saturated rings. The normalized spacial score (nSPS) is 15.9. The number of nitrogens with one attached hydrogen (secondary N) is 1. The molecule has 2 nitrogen and oxygen atoms in total. The van der Waals surface area contributed by atoms with Gasteiger partial charge in [0.25, 0.3) is 5.91 Å². The highest BCUT2D eigenvalue weighted by Gasteiger charge is 2.38. The smallest absolute Gasteiger partial charge is 0.251 e. The molecule has 114 valence electrons. The van der Waals surface area contributed by atoms with E-state index in [4.69, 9.17) is 0 Å². The molecule has 0 saturated heterocycles. The maximum absolute atomic E-state index is 13.6. The van der Waals surface area contributed by atoms with E-state index in [2.05, 4.69) is 17.4 Å². The molecule has 1 saturated carbocycles. The van der Waals surface area contributed by atoms with Gasteiger partial charge in [0.15, 0.2) is 0 Å². The molecule has 3 rings (SSSR count). The Bertz CT molecular complexity index is 677. The van der Waals surface area contributed by atoms with Crippen LogP contribution in [0.5, 0.6) is 0 Å². The summed E-state index contributed by atoms with van der Waals surface area (Å²) in [5, 5.41) is 2.98. The van der Waals surface area contributed by atoms with E-state index in [1.165, 1.54) is 18.1 Å². The van der Waals surface area contributed by atoms with Gasteiger partial charge in [0.1, 0.15) is 5.82 Å². The fourth-order valence-corrected chi connectivity index (χ4v) is 3.05. The summed E-state index contributed by atoms with van der Waals surface area (Å²) in [7, 11) is 0. The third-order valence-corrected chi connectivity index (χ3v) is 4.72. The van der Waals surface area contributed by atoms with Gasteiger partial charge in [-0.1, -0.05) is 42.8 Å². The van der Waals surface area contributed by atoms with Gasteiger partial charge in [-0.3, -0.25) is 4.79 Å². The van der Waals surface area contributed by atoms with Crippen molar-refractivity contribution in [2.75, 3.05) is 6.54 Å². The lowest BCUT2D eigenvalue weighted by Crippen LogP contribution is -2.45. The van der Waals surface area contributed by atoms with Gasteiger partial charge in [-0.2, -0.15) is 0 Å². The van der Waals surface area contributed by atoms with Crippen molar-refractivity contribution >= 4 is 5.91 Å². The van der Waals surface area contributed by atoms with Crippen molar-refractivity contribution in [2.45, 2.75) is 31.6 Å². The number of amides is 1. The molecule has 0 unspecified atom stereocenters. The lowest BCUT2D eigenvalue weighted by atomic mass is 9.64. The van der Waals surface area contributed by atoms with Gasteiger partial charge in [0.2, 0.25) is 0 Å². The summed E-state index contributed by atoms with van der Waals surface area (Å²) in [6.45, 7) is 2.29. The summed E-state index contributed by atoms with van der Waals surface area (Å²) in [6.07, 6.45) is 3.35. The maximum Gasteiger partial charge on any atom is 0.251 e. The lowest BCUT2D eigenvalue weighted by Gasteiger charge is -2.42. The van der Waals surface area contributed by atoms with Crippen LogP contribution in [0, 0.1) is 12.7 Å². The summed E-state index contributed by atoms with van der Waals surface area (Å²) in [5.41, 5.74) is 2.25. The van der Waals surface area contributed by atoms with E-state index in [9.17, 15) is 9.18 Å². The second-order valence-electron chi connectivity index (χ2n) is 6.15. The Balaban J connectivity index is 1.71. The largest absolute Gasteiger partial charge is 0.351 e. The van der Waals surface area contributed by atoms with Crippen LogP contribution >= 0.6 is 0 Å². The SMILES string of the molecule is Cc1ccc(C(=O)NCC2(c3ccccc3)CCC2)cc1F. The molecule has 22 heavy (non-hydrogen) atoms. The predicted molar refractivity (Wildman–Crippen MR) is 85.4 cm³/mol. The summed E-state index contributed by atoms with van der Waals surface area (Å²) in [5.74, 6) is -0.546. The standard InChI is InChI=1S/C19H20FNO/c1-14-8-9-15(12-17(14)20)18(22)21-13-19(10-5-11-19)16-6-3-2-4-7-16/h2-4,6-9,12H,5,10-11,13H2,1H3,(H,21,22). The fourth-order valence-electron chi connectivity index (χ4n) is 3.05. The molecule has 1 N–H and O–H groups in total. The number of aryl methyl sites for hydroxylation is 1. The van der Waals surface area contributed by atoms with Crippen LogP contribution in [0.25, 0.3) is 0 Å². The van der Waals surface area contributed by atoms with Gasteiger partial charge < -0.3 is 5.32 Å². The van der Waals surface area contributed by atoms with Crippen molar-refractivity contribution in [3.05, 3.63) is 71.0 Å². The van der Waals surface area contributed by atoms with E-state index < -0.39 is 0 Å². The highest BCUT2D eigenvalue weighted by Crippen LogP contribution is 2.43. The van der Waals surface area contributed by atoms with Crippen LogP contribution in [-0.2, 0) is 5.41 Å². The molecule has 0 heterocycles. The van der Waals surface area contributed by atoms with Crippen LogP contribution in [-0.4, -0.2) is 12.5 Å². The van der Waals surface area contributed by atoms with Crippen molar-refractivity contribution in [3.8, 4) is 0 Å². The summed E-state index contributed by atoms with van der Waals surface area (Å²) in [6, 6.07) is 14.9. The van der Waals surface area contributed by atoms with Crippen LogP contribution in [0.2, 0.25) is 0 Å². The van der Waals surface area contributed by atoms with Crippen LogP contribution in [0.15, 0.2) is 48.5 Å². The Labute approximate surface area is 130 Å². The number of carbonyl (C=O) groups excluding carboxylic acids is 1. The molecule has 0 spiro atoms. The Morgan fingerprint density at radius 2 is 1.91 bits per heavy atom. The third kappa shape index (κ3) is 2.76. The molecule has 1 amide bonds. The van der Waals surface area contributed by atoms with E-state index in [-0.39, 0.29) is 17.1 Å². The maximum atomic E-state index is 13.6. The molecule has 1 aliphatic rings. The minimum absolute atomic E-state index is 0.0418. The van der Waals surface area contributed by atoms with Crippen molar-refractivity contribution in [1.29, 1.82) is 0 Å². The number of rotatable bonds is 4. The molecule has 0 atom stereocenters. The first kappa shape index (κ1) is 14.8. The zero-order chi connectivity index (χ0) is 15.6.